The minimum Gasteiger partial charge on any atom is -0.392 e. The maximum Gasteiger partial charge on any atom is 0.211 e. The fourth-order valence-electron chi connectivity index (χ4n) is 0.532. The molecule has 0 radical (unpaired) electrons. The molecule has 0 heterocycles. The summed E-state index contributed by atoms with van der Waals surface area (Å²) < 4.78 is 13.6. The first-order valence-electron chi connectivity index (χ1n) is 3.42. The highest BCUT2D eigenvalue weighted by Crippen LogP contribution is 1.95. The molecule has 1 unspecified atom stereocenters. The monoisotopic (exact) mass is 110 g/mol. The highest BCUT2D eigenvalue weighted by atomic mass is 16.3. The Morgan fingerprint density at radius 1 is 1.50 bits per heavy atom. The third-order valence-corrected chi connectivity index (χ3v) is 0.936. The molecule has 1 rings (SSSR count). The lowest BCUT2D eigenvalue weighted by Crippen LogP contribution is -1.77. The molecule has 1 heteroatoms. The SMILES string of the molecule is [2H]OC([2H])c1ccccc1. The molecule has 1 aromatic rings. The molecule has 0 spiro atoms. The molecule has 1 aromatic carbocycles. The Morgan fingerprint density at radius 2 is 2.25 bits per heavy atom. The number of hydrogen-bond acceptors (Lipinski definition) is 1. The van der Waals surface area contributed by atoms with E-state index in [1.165, 1.54) is 0 Å². The maximum absolute atomic E-state index is 7.15. The predicted octanol–water partition coefficient (Wildman–Crippen LogP) is 1.18. The smallest absolute Gasteiger partial charge is 0.211 e. The zero-order valence-corrected chi connectivity index (χ0v) is 4.37. The van der Waals surface area contributed by atoms with Crippen LogP contribution in [0.3, 0.4) is 0 Å². The van der Waals surface area contributed by atoms with E-state index in [0.717, 1.165) is 0 Å². The fourth-order valence-corrected chi connectivity index (χ4v) is 0.532. The largest absolute Gasteiger partial charge is 0.392 e. The van der Waals surface area contributed by atoms with E-state index in [4.69, 9.17) is 2.80 Å². The van der Waals surface area contributed by atoms with Gasteiger partial charge in [0.2, 0.25) is 1.43 Å². The summed E-state index contributed by atoms with van der Waals surface area (Å²) in [5.74, 6) is 0. The van der Waals surface area contributed by atoms with E-state index < -0.39 is 6.58 Å². The second-order valence-electron chi connectivity index (χ2n) is 1.53. The Hall–Kier alpha value is -0.820. The average Bonchev–Trinajstić information content (AvgIpc) is 2.05. The van der Waals surface area contributed by atoms with Crippen LogP contribution < -0.4 is 0 Å². The number of hydrogen-bond donors (Lipinski definition) is 1. The molecule has 0 fully saturated rings. The van der Waals surface area contributed by atoms with Crippen molar-refractivity contribution in [2.75, 3.05) is 0 Å². The normalized spacial score (nSPS) is 16.5. The van der Waals surface area contributed by atoms with Crippen LogP contribution in [0.15, 0.2) is 30.3 Å². The Bertz CT molecular complexity index is 188. The van der Waals surface area contributed by atoms with Crippen molar-refractivity contribution in [3.05, 3.63) is 35.9 Å². The molecule has 0 aliphatic carbocycles. The van der Waals surface area contributed by atoms with Crippen LogP contribution in [0.4, 0.5) is 0 Å². The van der Waals surface area contributed by atoms with Crippen molar-refractivity contribution in [1.82, 2.24) is 0 Å². The Balaban J connectivity index is 2.75. The molecular formula is C7H8O. The van der Waals surface area contributed by atoms with Gasteiger partial charge in [0.15, 0.2) is 0 Å². The lowest BCUT2D eigenvalue weighted by molar-refractivity contribution is 0.282. The van der Waals surface area contributed by atoms with Crippen molar-refractivity contribution in [2.45, 2.75) is 6.58 Å². The van der Waals surface area contributed by atoms with Gasteiger partial charge in [-0.25, -0.2) is 0 Å². The first-order chi connectivity index (χ1) is 4.84. The van der Waals surface area contributed by atoms with Gasteiger partial charge in [-0.3, -0.25) is 0 Å². The van der Waals surface area contributed by atoms with Gasteiger partial charge in [-0.15, -0.1) is 0 Å². The van der Waals surface area contributed by atoms with E-state index in [-0.39, 0.29) is 0 Å². The molecule has 0 saturated carbocycles. The fraction of sp³-hybridized carbons (Fsp3) is 0.143. The lowest BCUT2D eigenvalue weighted by Gasteiger charge is -1.89. The molecule has 8 heavy (non-hydrogen) atoms. The standard InChI is InChI=1S/C7H8O/c8-6-7-4-2-1-3-5-7/h1-5,8H,6H2/i6D,8D. The minimum atomic E-state index is -0.874. The van der Waals surface area contributed by atoms with Gasteiger partial charge in [-0.05, 0) is 5.56 Å². The highest BCUT2D eigenvalue weighted by Gasteiger charge is 1.81. The van der Waals surface area contributed by atoms with Gasteiger partial charge in [0.1, 0.15) is 0 Å². The summed E-state index contributed by atoms with van der Waals surface area (Å²) in [7, 11) is 0. The number of aliphatic hydroxyl groups excluding tert-OH is 1. The van der Waals surface area contributed by atoms with Crippen LogP contribution in [-0.2, 0) is 6.58 Å². The number of rotatable bonds is 2. The van der Waals surface area contributed by atoms with Gasteiger partial charge in [-0.2, -0.15) is 0 Å². The third kappa shape index (κ3) is 1.07. The van der Waals surface area contributed by atoms with Crippen molar-refractivity contribution in [3.8, 4) is 0 Å². The van der Waals surface area contributed by atoms with E-state index in [2.05, 4.69) is 5.11 Å². The lowest BCUT2D eigenvalue weighted by atomic mass is 10.2. The first kappa shape index (κ1) is 3.25. The molecule has 0 aliphatic heterocycles. The van der Waals surface area contributed by atoms with Crippen LogP contribution in [0.25, 0.3) is 0 Å². The predicted molar refractivity (Wildman–Crippen MR) is 32.4 cm³/mol. The summed E-state index contributed by atoms with van der Waals surface area (Å²) in [6.45, 7) is -0.874. The van der Waals surface area contributed by atoms with Crippen LogP contribution in [0.1, 0.15) is 6.93 Å². The zero-order chi connectivity index (χ0) is 7.40. The Morgan fingerprint density at radius 3 is 2.88 bits per heavy atom. The van der Waals surface area contributed by atoms with Crippen LogP contribution in [0, 0.1) is 0 Å². The molecule has 0 bridgehead atoms. The number of aliphatic hydroxyl groups is 1. The summed E-state index contributed by atoms with van der Waals surface area (Å²) in [6.07, 6.45) is 0. The van der Waals surface area contributed by atoms with E-state index in [0.29, 0.717) is 5.56 Å². The molecule has 0 saturated heterocycles. The summed E-state index contributed by atoms with van der Waals surface area (Å²) in [5.41, 5.74) is 0.706. The van der Waals surface area contributed by atoms with Crippen LogP contribution in [0.5, 0.6) is 0 Å². The minimum absolute atomic E-state index is 0.706. The summed E-state index contributed by atoms with van der Waals surface area (Å²) in [4.78, 5) is 0. The van der Waals surface area contributed by atoms with Crippen LogP contribution >= 0.6 is 0 Å². The quantitative estimate of drug-likeness (QED) is 0.606. The third-order valence-electron chi connectivity index (χ3n) is 0.936. The van der Waals surface area contributed by atoms with E-state index >= 15 is 0 Å². The van der Waals surface area contributed by atoms with E-state index in [9.17, 15) is 0 Å². The topological polar surface area (TPSA) is 20.2 Å². The summed E-state index contributed by atoms with van der Waals surface area (Å²) in [6, 6.07) is 9.00. The van der Waals surface area contributed by atoms with Gasteiger partial charge in [0, 0.05) is 0 Å². The van der Waals surface area contributed by atoms with Gasteiger partial charge in [0.05, 0.1) is 7.95 Å². The van der Waals surface area contributed by atoms with Gasteiger partial charge >= 0.3 is 0 Å². The molecule has 1 nitrogen and oxygen atoms in total. The van der Waals surface area contributed by atoms with Crippen LogP contribution in [0.2, 0.25) is 0 Å². The Labute approximate surface area is 51.5 Å². The molecule has 0 amide bonds. The molecule has 42 valence electrons. The highest BCUT2D eigenvalue weighted by molar-refractivity contribution is 5.12. The van der Waals surface area contributed by atoms with E-state index in [1.54, 1.807) is 12.1 Å². The average molecular weight is 110 g/mol. The molecular weight excluding hydrogens is 100 g/mol. The maximum atomic E-state index is 7.15. The Kier molecular flexibility index (Phi) is 1.01. The summed E-state index contributed by atoms with van der Waals surface area (Å²) >= 11 is 0. The first-order valence-corrected chi connectivity index (χ1v) is 2.44. The molecule has 1 atom stereocenters. The van der Waals surface area contributed by atoms with Crippen molar-refractivity contribution in [2.24, 2.45) is 0 Å². The summed E-state index contributed by atoms with van der Waals surface area (Å²) in [5, 5.41) is 4.05. The van der Waals surface area contributed by atoms with Gasteiger partial charge < -0.3 is 5.11 Å². The van der Waals surface area contributed by atoms with Gasteiger partial charge in [-0.1, -0.05) is 30.3 Å². The van der Waals surface area contributed by atoms with Crippen LogP contribution in [-0.4, -0.2) is 6.54 Å². The van der Waals surface area contributed by atoms with Crippen molar-refractivity contribution < 1.29 is 6.48 Å². The number of benzene rings is 1. The second-order valence-corrected chi connectivity index (χ2v) is 1.53. The van der Waals surface area contributed by atoms with Gasteiger partial charge in [0.25, 0.3) is 0 Å². The molecule has 0 aliphatic rings. The van der Waals surface area contributed by atoms with Crippen molar-refractivity contribution in [1.29, 1.82) is 1.43 Å². The van der Waals surface area contributed by atoms with Crippen molar-refractivity contribution >= 4 is 0 Å². The van der Waals surface area contributed by atoms with E-state index in [1.807, 2.05) is 18.2 Å². The molecule has 0 aromatic heterocycles. The zero-order valence-electron chi connectivity index (χ0n) is 6.37. The second kappa shape index (κ2) is 2.48. The molecule has 1 N–H and O–H groups in total. The van der Waals surface area contributed by atoms with Crippen molar-refractivity contribution in [3.63, 3.8) is 0 Å².